The molecule has 138 valence electrons. The number of aliphatic carboxylic acids is 1. The zero-order chi connectivity index (χ0) is 18.6. The molecule has 1 amide bonds. The Balaban J connectivity index is 1.93. The highest BCUT2D eigenvalue weighted by atomic mass is 19.2. The van der Waals surface area contributed by atoms with Crippen LogP contribution in [-0.4, -0.2) is 59.0 Å². The molecule has 1 aromatic rings. The van der Waals surface area contributed by atoms with Crippen molar-refractivity contribution in [1.29, 1.82) is 0 Å². The van der Waals surface area contributed by atoms with E-state index in [-0.39, 0.29) is 30.5 Å². The minimum Gasteiger partial charge on any atom is -0.480 e. The Morgan fingerprint density at radius 1 is 1.16 bits per heavy atom. The van der Waals surface area contributed by atoms with E-state index in [0.29, 0.717) is 44.6 Å². The number of likely N-dealkylation sites (tertiary alicyclic amines) is 1. The fourth-order valence-electron chi connectivity index (χ4n) is 3.13. The Morgan fingerprint density at radius 3 is 2.32 bits per heavy atom. The van der Waals surface area contributed by atoms with Crippen molar-refractivity contribution >= 4 is 11.9 Å². The van der Waals surface area contributed by atoms with Gasteiger partial charge in [-0.3, -0.25) is 14.5 Å². The molecule has 5 nitrogen and oxygen atoms in total. The third-order valence-corrected chi connectivity index (χ3v) is 4.51. The zero-order valence-corrected chi connectivity index (χ0v) is 14.0. The smallest absolute Gasteiger partial charge is 0.317 e. The fraction of sp³-hybridized carbons (Fsp3) is 0.529. The Kier molecular flexibility index (Phi) is 6.41. The van der Waals surface area contributed by atoms with Gasteiger partial charge in [0.1, 0.15) is 5.82 Å². The molecule has 0 aromatic heterocycles. The van der Waals surface area contributed by atoms with Crippen LogP contribution < -0.4 is 0 Å². The van der Waals surface area contributed by atoms with Gasteiger partial charge in [-0.25, -0.2) is 13.2 Å². The Bertz CT molecular complexity index is 646. The molecule has 8 heteroatoms. The van der Waals surface area contributed by atoms with Gasteiger partial charge in [0.05, 0.1) is 13.0 Å². The summed E-state index contributed by atoms with van der Waals surface area (Å²) >= 11 is 0. The third kappa shape index (κ3) is 4.94. The van der Waals surface area contributed by atoms with Crippen molar-refractivity contribution in [3.05, 3.63) is 35.1 Å². The van der Waals surface area contributed by atoms with Crippen molar-refractivity contribution < 1.29 is 27.9 Å². The van der Waals surface area contributed by atoms with Crippen molar-refractivity contribution in [2.45, 2.75) is 32.2 Å². The number of nitrogens with zero attached hydrogens (tertiary/aromatic N) is 2. The predicted molar refractivity (Wildman–Crippen MR) is 84.5 cm³/mol. The van der Waals surface area contributed by atoms with Gasteiger partial charge in [0.25, 0.3) is 0 Å². The highest BCUT2D eigenvalue weighted by Crippen LogP contribution is 2.19. The second kappa shape index (κ2) is 8.33. The molecule has 1 aromatic carbocycles. The summed E-state index contributed by atoms with van der Waals surface area (Å²) in [5, 5.41) is 8.92. The summed E-state index contributed by atoms with van der Waals surface area (Å²) in [6, 6.07) is 1.22. The minimum absolute atomic E-state index is 0.0464. The molecule has 1 saturated heterocycles. The predicted octanol–water partition coefficient (Wildman–Crippen LogP) is 2.04. The van der Waals surface area contributed by atoms with Crippen LogP contribution in [0.2, 0.25) is 0 Å². The maximum absolute atomic E-state index is 13.7. The standard InChI is InChI=1S/C17H21F3N2O3/c1-2-21(10-17(24)25)12-3-5-22(6-4-12)16(23)8-11-7-14(19)15(20)9-13(11)18/h7,9,12H,2-6,8,10H2,1H3,(H,24,25). The molecule has 2 rings (SSSR count). The lowest BCUT2D eigenvalue weighted by Gasteiger charge is -2.37. The first-order valence-corrected chi connectivity index (χ1v) is 8.18. The summed E-state index contributed by atoms with van der Waals surface area (Å²) in [7, 11) is 0. The first-order chi connectivity index (χ1) is 11.8. The number of rotatable bonds is 6. The molecule has 0 unspecified atom stereocenters. The largest absolute Gasteiger partial charge is 0.480 e. The lowest BCUT2D eigenvalue weighted by Crippen LogP contribution is -2.48. The maximum Gasteiger partial charge on any atom is 0.317 e. The van der Waals surface area contributed by atoms with E-state index in [2.05, 4.69) is 0 Å². The molecular weight excluding hydrogens is 337 g/mol. The van der Waals surface area contributed by atoms with E-state index in [9.17, 15) is 22.8 Å². The normalized spacial score (nSPS) is 15.6. The lowest BCUT2D eigenvalue weighted by molar-refractivity contribution is -0.140. The second-order valence-corrected chi connectivity index (χ2v) is 6.10. The highest BCUT2D eigenvalue weighted by Gasteiger charge is 2.27. The van der Waals surface area contributed by atoms with Gasteiger partial charge in [-0.2, -0.15) is 0 Å². The van der Waals surface area contributed by atoms with Crippen LogP contribution >= 0.6 is 0 Å². The van der Waals surface area contributed by atoms with Gasteiger partial charge in [0, 0.05) is 30.8 Å². The number of piperidine rings is 1. The van der Waals surface area contributed by atoms with Crippen molar-refractivity contribution in [3.63, 3.8) is 0 Å². The number of hydrogen-bond acceptors (Lipinski definition) is 3. The van der Waals surface area contributed by atoms with Crippen LogP contribution in [-0.2, 0) is 16.0 Å². The summed E-state index contributed by atoms with van der Waals surface area (Å²) in [6.45, 7) is 3.28. The molecule has 1 fully saturated rings. The van der Waals surface area contributed by atoms with Crippen molar-refractivity contribution in [2.75, 3.05) is 26.2 Å². The third-order valence-electron chi connectivity index (χ3n) is 4.51. The summed E-state index contributed by atoms with van der Waals surface area (Å²) in [4.78, 5) is 26.5. The number of carboxylic acid groups (broad SMARTS) is 1. The van der Waals surface area contributed by atoms with E-state index >= 15 is 0 Å². The molecular formula is C17H21F3N2O3. The number of carbonyl (C=O) groups excluding carboxylic acids is 1. The van der Waals surface area contributed by atoms with Gasteiger partial charge >= 0.3 is 5.97 Å². The zero-order valence-electron chi connectivity index (χ0n) is 14.0. The summed E-state index contributed by atoms with van der Waals surface area (Å²) < 4.78 is 39.8. The monoisotopic (exact) mass is 358 g/mol. The molecule has 1 aliphatic rings. The van der Waals surface area contributed by atoms with Gasteiger partial charge in [0.15, 0.2) is 11.6 Å². The molecule has 0 bridgehead atoms. The fourth-order valence-corrected chi connectivity index (χ4v) is 3.13. The van der Waals surface area contributed by atoms with Crippen LogP contribution in [0.15, 0.2) is 12.1 Å². The molecule has 25 heavy (non-hydrogen) atoms. The van der Waals surface area contributed by atoms with Crippen LogP contribution in [0, 0.1) is 17.5 Å². The topological polar surface area (TPSA) is 60.9 Å². The van der Waals surface area contributed by atoms with Crippen LogP contribution in [0.5, 0.6) is 0 Å². The molecule has 1 heterocycles. The van der Waals surface area contributed by atoms with Gasteiger partial charge in [-0.1, -0.05) is 6.92 Å². The number of hydrogen-bond donors (Lipinski definition) is 1. The van der Waals surface area contributed by atoms with E-state index in [0.717, 1.165) is 0 Å². The SMILES string of the molecule is CCN(CC(=O)O)C1CCN(C(=O)Cc2cc(F)c(F)cc2F)CC1. The number of benzene rings is 1. The van der Waals surface area contributed by atoms with Gasteiger partial charge < -0.3 is 10.0 Å². The highest BCUT2D eigenvalue weighted by molar-refractivity contribution is 5.79. The van der Waals surface area contributed by atoms with Crippen LogP contribution in [0.4, 0.5) is 13.2 Å². The summed E-state index contributed by atoms with van der Waals surface area (Å²) in [5.41, 5.74) is -0.174. The average molecular weight is 358 g/mol. The number of amides is 1. The van der Waals surface area contributed by atoms with E-state index < -0.39 is 23.4 Å². The number of halogens is 3. The molecule has 0 atom stereocenters. The molecule has 1 aliphatic heterocycles. The van der Waals surface area contributed by atoms with Gasteiger partial charge in [0.2, 0.25) is 5.91 Å². The Hall–Kier alpha value is -2.09. The van der Waals surface area contributed by atoms with Gasteiger partial charge in [-0.15, -0.1) is 0 Å². The number of carbonyl (C=O) groups is 2. The minimum atomic E-state index is -1.28. The van der Waals surface area contributed by atoms with E-state index in [1.54, 1.807) is 4.90 Å². The van der Waals surface area contributed by atoms with Crippen molar-refractivity contribution in [2.24, 2.45) is 0 Å². The van der Waals surface area contributed by atoms with Crippen molar-refractivity contribution in [3.8, 4) is 0 Å². The molecule has 0 radical (unpaired) electrons. The van der Waals surface area contributed by atoms with Crippen LogP contribution in [0.25, 0.3) is 0 Å². The van der Waals surface area contributed by atoms with E-state index in [1.807, 2.05) is 11.8 Å². The van der Waals surface area contributed by atoms with E-state index in [1.165, 1.54) is 0 Å². The number of carboxylic acids is 1. The Morgan fingerprint density at radius 2 is 1.76 bits per heavy atom. The van der Waals surface area contributed by atoms with Gasteiger partial charge in [-0.05, 0) is 25.5 Å². The second-order valence-electron chi connectivity index (χ2n) is 6.10. The molecule has 0 aliphatic carbocycles. The average Bonchev–Trinajstić information content (AvgIpc) is 2.57. The quantitative estimate of drug-likeness (QED) is 0.791. The van der Waals surface area contributed by atoms with Crippen LogP contribution in [0.3, 0.4) is 0 Å². The van der Waals surface area contributed by atoms with E-state index in [4.69, 9.17) is 5.11 Å². The maximum atomic E-state index is 13.7. The summed E-state index contributed by atoms with van der Waals surface area (Å²) in [5.74, 6) is -4.66. The van der Waals surface area contributed by atoms with Crippen molar-refractivity contribution in [1.82, 2.24) is 9.80 Å². The Labute approximate surface area is 144 Å². The first kappa shape index (κ1) is 19.2. The first-order valence-electron chi connectivity index (χ1n) is 8.18. The summed E-state index contributed by atoms with van der Waals surface area (Å²) in [6.07, 6.45) is 0.903. The molecule has 0 spiro atoms. The number of likely N-dealkylation sites (N-methyl/N-ethyl adjacent to an activating group) is 1. The molecule has 1 N–H and O–H groups in total. The van der Waals surface area contributed by atoms with Crippen LogP contribution in [0.1, 0.15) is 25.3 Å². The molecule has 0 saturated carbocycles. The lowest BCUT2D eigenvalue weighted by atomic mass is 10.0.